The maximum Gasteiger partial charge on any atom is 0.211 e. The van der Waals surface area contributed by atoms with Crippen LogP contribution in [0.15, 0.2) is 0 Å². The molecule has 0 rings (SSSR count). The highest BCUT2D eigenvalue weighted by Crippen LogP contribution is 1.61. The second-order valence-corrected chi connectivity index (χ2v) is 1.05. The molecule has 0 heterocycles. The van der Waals surface area contributed by atoms with E-state index in [1.807, 2.05) is 0 Å². The Balaban J connectivity index is 2.68. The van der Waals surface area contributed by atoms with E-state index in [-0.39, 0.29) is 13.2 Å². The quantitative estimate of drug-likeness (QED) is 0.310. The van der Waals surface area contributed by atoms with Crippen LogP contribution in [0.2, 0.25) is 0 Å². The Morgan fingerprint density at radius 1 is 1.43 bits per heavy atom. The zero-order valence-electron chi connectivity index (χ0n) is 3.83. The Morgan fingerprint density at radius 3 is 2.14 bits per heavy atom. The largest absolute Gasteiger partial charge is 0.395 e. The van der Waals surface area contributed by atoms with Gasteiger partial charge in [0.05, 0.1) is 6.61 Å². The van der Waals surface area contributed by atoms with Crippen LogP contribution < -0.4 is 5.32 Å². The standard InChI is InChI=1S/C3H9NO3/c5-2-1-4-3(6)7/h3-7H,1-2H2. The summed E-state index contributed by atoms with van der Waals surface area (Å²) in [5.74, 6) is 0. The van der Waals surface area contributed by atoms with E-state index in [0.29, 0.717) is 0 Å². The smallest absolute Gasteiger partial charge is 0.211 e. The Hall–Kier alpha value is -0.160. The molecule has 0 bridgehead atoms. The molecule has 4 N–H and O–H groups in total. The molecule has 0 saturated heterocycles. The Bertz CT molecular complexity index is 39.2. The highest BCUT2D eigenvalue weighted by atomic mass is 16.5. The molecule has 0 aliphatic heterocycles. The lowest BCUT2D eigenvalue weighted by Gasteiger charge is -2.01. The highest BCUT2D eigenvalue weighted by molar-refractivity contribution is 4.35. The van der Waals surface area contributed by atoms with Crippen LogP contribution in [0.1, 0.15) is 0 Å². The van der Waals surface area contributed by atoms with Crippen molar-refractivity contribution >= 4 is 0 Å². The lowest BCUT2D eigenvalue weighted by atomic mass is 10.7. The molecule has 0 aliphatic carbocycles. The van der Waals surface area contributed by atoms with Gasteiger partial charge < -0.3 is 15.3 Å². The number of rotatable bonds is 3. The van der Waals surface area contributed by atoms with Crippen molar-refractivity contribution in [3.63, 3.8) is 0 Å². The molecule has 0 unspecified atom stereocenters. The number of aliphatic hydroxyl groups excluding tert-OH is 2. The first kappa shape index (κ1) is 6.84. The van der Waals surface area contributed by atoms with Crippen LogP contribution in [0.25, 0.3) is 0 Å². The van der Waals surface area contributed by atoms with Gasteiger partial charge in [-0.15, -0.1) is 0 Å². The van der Waals surface area contributed by atoms with Crippen molar-refractivity contribution in [2.75, 3.05) is 13.2 Å². The molecule has 0 aliphatic rings. The van der Waals surface area contributed by atoms with E-state index in [2.05, 4.69) is 5.32 Å². The van der Waals surface area contributed by atoms with E-state index in [1.165, 1.54) is 0 Å². The van der Waals surface area contributed by atoms with E-state index in [1.54, 1.807) is 0 Å². The molecule has 0 amide bonds. The Morgan fingerprint density at radius 2 is 2.00 bits per heavy atom. The highest BCUT2D eigenvalue weighted by Gasteiger charge is 1.89. The molecule has 7 heavy (non-hydrogen) atoms. The van der Waals surface area contributed by atoms with E-state index < -0.39 is 6.41 Å². The average molecular weight is 107 g/mol. The molecule has 0 fully saturated rings. The lowest BCUT2D eigenvalue weighted by molar-refractivity contribution is -0.0672. The van der Waals surface area contributed by atoms with Crippen LogP contribution in [0.5, 0.6) is 0 Å². The van der Waals surface area contributed by atoms with Gasteiger partial charge in [0, 0.05) is 6.54 Å². The van der Waals surface area contributed by atoms with Crippen LogP contribution in [0, 0.1) is 0 Å². The normalized spacial score (nSPS) is 10.3. The fraction of sp³-hybridized carbons (Fsp3) is 1.00. The molecule has 0 radical (unpaired) electrons. The number of hydrogen-bond acceptors (Lipinski definition) is 4. The molecule has 0 aromatic heterocycles. The van der Waals surface area contributed by atoms with Gasteiger partial charge in [0.1, 0.15) is 0 Å². The third-order valence-corrected chi connectivity index (χ3v) is 0.439. The first-order valence-electron chi connectivity index (χ1n) is 1.97. The summed E-state index contributed by atoms with van der Waals surface area (Å²) in [6, 6.07) is 0. The predicted molar refractivity (Wildman–Crippen MR) is 23.3 cm³/mol. The minimum absolute atomic E-state index is 0.0857. The van der Waals surface area contributed by atoms with Gasteiger partial charge in [-0.25, -0.2) is 0 Å². The van der Waals surface area contributed by atoms with E-state index >= 15 is 0 Å². The SMILES string of the molecule is OCCNC(O)O. The Labute approximate surface area is 41.4 Å². The van der Waals surface area contributed by atoms with Crippen molar-refractivity contribution < 1.29 is 15.3 Å². The van der Waals surface area contributed by atoms with Gasteiger partial charge >= 0.3 is 0 Å². The van der Waals surface area contributed by atoms with Gasteiger partial charge in [-0.05, 0) is 0 Å². The van der Waals surface area contributed by atoms with Gasteiger partial charge in [0.25, 0.3) is 0 Å². The maximum atomic E-state index is 8.03. The minimum Gasteiger partial charge on any atom is -0.395 e. The summed E-state index contributed by atoms with van der Waals surface area (Å²) in [4.78, 5) is 0. The first-order valence-corrected chi connectivity index (χ1v) is 1.97. The second-order valence-electron chi connectivity index (χ2n) is 1.05. The summed E-state index contributed by atoms with van der Waals surface area (Å²) < 4.78 is 0. The molecule has 44 valence electrons. The van der Waals surface area contributed by atoms with Gasteiger partial charge in [-0.2, -0.15) is 0 Å². The third-order valence-electron chi connectivity index (χ3n) is 0.439. The molecule has 0 spiro atoms. The van der Waals surface area contributed by atoms with Crippen molar-refractivity contribution in [3.05, 3.63) is 0 Å². The van der Waals surface area contributed by atoms with Gasteiger partial charge in [0.2, 0.25) is 6.41 Å². The van der Waals surface area contributed by atoms with Gasteiger partial charge in [-0.3, -0.25) is 5.32 Å². The van der Waals surface area contributed by atoms with Crippen molar-refractivity contribution in [1.82, 2.24) is 5.32 Å². The van der Waals surface area contributed by atoms with Crippen LogP contribution in [0.4, 0.5) is 0 Å². The van der Waals surface area contributed by atoms with Crippen molar-refractivity contribution in [2.45, 2.75) is 6.41 Å². The summed E-state index contributed by atoms with van der Waals surface area (Å²) in [5, 5.41) is 26.2. The molecule has 4 nitrogen and oxygen atoms in total. The van der Waals surface area contributed by atoms with Crippen molar-refractivity contribution in [3.8, 4) is 0 Å². The second kappa shape index (κ2) is 4.01. The summed E-state index contributed by atoms with van der Waals surface area (Å²) in [6.45, 7) is 0.120. The van der Waals surface area contributed by atoms with Crippen LogP contribution in [0.3, 0.4) is 0 Å². The fourth-order valence-corrected chi connectivity index (χ4v) is 0.194. The van der Waals surface area contributed by atoms with Gasteiger partial charge in [-0.1, -0.05) is 0 Å². The van der Waals surface area contributed by atoms with Gasteiger partial charge in [0.15, 0.2) is 0 Å². The molecule has 0 atom stereocenters. The molecule has 0 aromatic carbocycles. The number of hydrogen-bond donors (Lipinski definition) is 4. The summed E-state index contributed by atoms with van der Waals surface area (Å²) in [6.07, 6.45) is -1.51. The average Bonchev–Trinajstić information content (AvgIpc) is 1.61. The first-order chi connectivity index (χ1) is 3.27. The number of nitrogens with one attached hydrogen (secondary N) is 1. The summed E-state index contributed by atoms with van der Waals surface area (Å²) in [5.41, 5.74) is 0. The molecular weight excluding hydrogens is 98.0 g/mol. The topological polar surface area (TPSA) is 72.7 Å². The molecule has 0 saturated carbocycles. The van der Waals surface area contributed by atoms with E-state index in [9.17, 15) is 0 Å². The van der Waals surface area contributed by atoms with Crippen molar-refractivity contribution in [1.29, 1.82) is 0 Å². The summed E-state index contributed by atoms with van der Waals surface area (Å²) in [7, 11) is 0. The zero-order chi connectivity index (χ0) is 5.70. The fourth-order valence-electron chi connectivity index (χ4n) is 0.194. The Kier molecular flexibility index (Phi) is 3.92. The van der Waals surface area contributed by atoms with Crippen LogP contribution in [-0.2, 0) is 0 Å². The van der Waals surface area contributed by atoms with Crippen molar-refractivity contribution in [2.24, 2.45) is 0 Å². The van der Waals surface area contributed by atoms with E-state index in [4.69, 9.17) is 15.3 Å². The minimum atomic E-state index is -1.51. The predicted octanol–water partition coefficient (Wildman–Crippen LogP) is -2.16. The maximum absolute atomic E-state index is 8.03. The monoisotopic (exact) mass is 107 g/mol. The molecule has 0 aromatic rings. The zero-order valence-corrected chi connectivity index (χ0v) is 3.83. The summed E-state index contributed by atoms with van der Waals surface area (Å²) >= 11 is 0. The molecular formula is C3H9NO3. The van der Waals surface area contributed by atoms with E-state index in [0.717, 1.165) is 0 Å². The lowest BCUT2D eigenvalue weighted by Crippen LogP contribution is -2.30. The third kappa shape index (κ3) is 5.84. The van der Waals surface area contributed by atoms with Crippen LogP contribution in [-0.4, -0.2) is 34.9 Å². The van der Waals surface area contributed by atoms with Crippen LogP contribution >= 0.6 is 0 Å². The number of aliphatic hydroxyl groups is 3. The molecule has 4 heteroatoms.